The third-order valence-electron chi connectivity index (χ3n) is 3.07. The minimum atomic E-state index is -0.0738. The lowest BCUT2D eigenvalue weighted by Crippen LogP contribution is -2.33. The second-order valence-electron chi connectivity index (χ2n) is 4.24. The lowest BCUT2D eigenvalue weighted by atomic mass is 10.1. The molecule has 0 radical (unpaired) electrons. The van der Waals surface area contributed by atoms with E-state index >= 15 is 0 Å². The van der Waals surface area contributed by atoms with Gasteiger partial charge in [0.2, 0.25) is 17.5 Å². The third kappa shape index (κ3) is 3.20. The molecule has 0 saturated carbocycles. The number of thioether (sulfide) groups is 2. The van der Waals surface area contributed by atoms with Crippen LogP contribution in [0.15, 0.2) is 6.20 Å². The Bertz CT molecular complexity index is 485. The van der Waals surface area contributed by atoms with Crippen molar-refractivity contribution in [2.24, 2.45) is 0 Å². The zero-order valence-corrected chi connectivity index (χ0v) is 13.4. The van der Waals surface area contributed by atoms with Gasteiger partial charge in [0.05, 0.1) is 25.7 Å². The van der Waals surface area contributed by atoms with Crippen LogP contribution in [0.4, 0.5) is 0 Å². The van der Waals surface area contributed by atoms with Gasteiger partial charge in [-0.05, 0) is 6.42 Å². The zero-order valence-electron chi connectivity index (χ0n) is 11.8. The van der Waals surface area contributed by atoms with Crippen LogP contribution in [-0.4, -0.2) is 52.0 Å². The molecule has 0 N–H and O–H groups in total. The fourth-order valence-corrected chi connectivity index (χ4v) is 5.05. The van der Waals surface area contributed by atoms with Crippen LogP contribution in [0.5, 0.6) is 11.8 Å². The van der Waals surface area contributed by atoms with Crippen LogP contribution in [0.2, 0.25) is 0 Å². The lowest BCUT2D eigenvalue weighted by molar-refractivity contribution is 0.0978. The maximum absolute atomic E-state index is 12.7. The average Bonchev–Trinajstić information content (AvgIpc) is 2.53. The summed E-state index contributed by atoms with van der Waals surface area (Å²) in [5.74, 6) is 2.67. The van der Waals surface area contributed by atoms with Gasteiger partial charge in [0, 0.05) is 16.8 Å². The van der Waals surface area contributed by atoms with E-state index in [1.165, 1.54) is 20.4 Å². The van der Waals surface area contributed by atoms with Crippen LogP contribution < -0.4 is 9.47 Å². The van der Waals surface area contributed by atoms with Crippen molar-refractivity contribution >= 4 is 29.3 Å². The van der Waals surface area contributed by atoms with E-state index in [1.807, 2.05) is 11.8 Å². The fraction of sp³-hybridized carbons (Fsp3) is 0.615. The number of ketones is 1. The lowest BCUT2D eigenvalue weighted by Gasteiger charge is -2.28. The minimum Gasteiger partial charge on any atom is -0.480 e. The Balaban J connectivity index is 2.27. The second-order valence-corrected chi connectivity index (χ2v) is 6.84. The van der Waals surface area contributed by atoms with Crippen LogP contribution >= 0.6 is 23.5 Å². The van der Waals surface area contributed by atoms with Crippen LogP contribution in [0.25, 0.3) is 0 Å². The van der Waals surface area contributed by atoms with Crippen LogP contribution in [0.1, 0.15) is 23.8 Å². The number of carbonyl (C=O) groups is 1. The maximum Gasteiger partial charge on any atom is 0.246 e. The highest BCUT2D eigenvalue weighted by molar-refractivity contribution is 8.07. The summed E-state index contributed by atoms with van der Waals surface area (Å²) >= 11 is 3.56. The number of aromatic nitrogens is 2. The number of nitrogens with zero attached hydrogens (tertiary/aromatic N) is 2. The first kappa shape index (κ1) is 15.4. The molecule has 0 aromatic carbocycles. The predicted octanol–water partition coefficient (Wildman–Crippen LogP) is 2.30. The van der Waals surface area contributed by atoms with Crippen molar-refractivity contribution in [1.82, 2.24) is 9.97 Å². The number of methoxy groups -OCH3 is 2. The van der Waals surface area contributed by atoms with E-state index in [1.54, 1.807) is 11.8 Å². The fourth-order valence-electron chi connectivity index (χ4n) is 2.05. The summed E-state index contributed by atoms with van der Waals surface area (Å²) < 4.78 is 10.2. The van der Waals surface area contributed by atoms with Gasteiger partial charge in [-0.15, -0.1) is 11.8 Å². The topological polar surface area (TPSA) is 61.3 Å². The average molecular weight is 314 g/mol. The van der Waals surface area contributed by atoms with E-state index in [9.17, 15) is 4.79 Å². The van der Waals surface area contributed by atoms with Crippen molar-refractivity contribution in [3.8, 4) is 11.8 Å². The number of Topliss-reactive ketones (excluding diaryl/α,β-unsaturated/α-hetero) is 1. The highest BCUT2D eigenvalue weighted by atomic mass is 32.2. The zero-order chi connectivity index (χ0) is 14.5. The predicted molar refractivity (Wildman–Crippen MR) is 82.2 cm³/mol. The van der Waals surface area contributed by atoms with Crippen molar-refractivity contribution in [1.29, 1.82) is 0 Å². The maximum atomic E-state index is 12.7. The van der Waals surface area contributed by atoms with Gasteiger partial charge in [-0.25, -0.2) is 4.98 Å². The van der Waals surface area contributed by atoms with Crippen LogP contribution in [-0.2, 0) is 0 Å². The molecule has 1 aromatic rings. The first-order chi connectivity index (χ1) is 9.71. The molecule has 2 atom stereocenters. The van der Waals surface area contributed by atoms with E-state index in [0.717, 1.165) is 17.9 Å². The molecule has 2 unspecified atom stereocenters. The summed E-state index contributed by atoms with van der Waals surface area (Å²) in [5, 5.41) is 0.255. The Kier molecular flexibility index (Phi) is 5.54. The third-order valence-corrected chi connectivity index (χ3v) is 6.31. The monoisotopic (exact) mass is 314 g/mol. The molecular weight excluding hydrogens is 296 g/mol. The Morgan fingerprint density at radius 1 is 1.35 bits per heavy atom. The number of carbonyl (C=O) groups excluding carboxylic acids is 1. The van der Waals surface area contributed by atoms with E-state index in [2.05, 4.69) is 16.9 Å². The summed E-state index contributed by atoms with van der Waals surface area (Å²) in [6.07, 6.45) is 2.43. The van der Waals surface area contributed by atoms with Crippen LogP contribution in [0, 0.1) is 0 Å². The van der Waals surface area contributed by atoms with Gasteiger partial charge in [0.15, 0.2) is 5.69 Å². The van der Waals surface area contributed by atoms with Crippen LogP contribution in [0.3, 0.4) is 0 Å². The van der Waals surface area contributed by atoms with Gasteiger partial charge in [0.25, 0.3) is 0 Å². The molecule has 0 amide bonds. The summed E-state index contributed by atoms with van der Waals surface area (Å²) in [6.45, 7) is 2.11. The van der Waals surface area contributed by atoms with Crippen molar-refractivity contribution < 1.29 is 14.3 Å². The van der Waals surface area contributed by atoms with E-state index < -0.39 is 0 Å². The summed E-state index contributed by atoms with van der Waals surface area (Å²) in [4.78, 5) is 21.0. The van der Waals surface area contributed by atoms with Gasteiger partial charge < -0.3 is 9.47 Å². The van der Waals surface area contributed by atoms with Gasteiger partial charge in [-0.2, -0.15) is 16.7 Å². The SMILES string of the molecule is CCC1SCCSC1C(=O)c1ncc(OC)nc1OC. The van der Waals surface area contributed by atoms with E-state index in [4.69, 9.17) is 9.47 Å². The van der Waals surface area contributed by atoms with Gasteiger partial charge in [0.1, 0.15) is 0 Å². The Morgan fingerprint density at radius 2 is 2.10 bits per heavy atom. The molecule has 20 heavy (non-hydrogen) atoms. The molecule has 0 bridgehead atoms. The molecular formula is C13H18N2O3S2. The van der Waals surface area contributed by atoms with Gasteiger partial charge in [-0.1, -0.05) is 6.92 Å². The van der Waals surface area contributed by atoms with Crippen molar-refractivity contribution in [3.63, 3.8) is 0 Å². The molecule has 7 heteroatoms. The Labute approximate surface area is 127 Å². The molecule has 1 aliphatic rings. The summed E-state index contributed by atoms with van der Waals surface area (Å²) in [5.41, 5.74) is 0.298. The molecule has 1 aliphatic heterocycles. The van der Waals surface area contributed by atoms with E-state index in [0.29, 0.717) is 16.8 Å². The van der Waals surface area contributed by atoms with E-state index in [-0.39, 0.29) is 16.9 Å². The quantitative estimate of drug-likeness (QED) is 0.773. The Morgan fingerprint density at radius 3 is 2.75 bits per heavy atom. The van der Waals surface area contributed by atoms with Gasteiger partial charge >= 0.3 is 0 Å². The number of rotatable bonds is 5. The molecule has 1 saturated heterocycles. The number of ether oxygens (including phenoxy) is 2. The highest BCUT2D eigenvalue weighted by Gasteiger charge is 2.34. The molecule has 0 aliphatic carbocycles. The van der Waals surface area contributed by atoms with Crippen molar-refractivity contribution in [2.75, 3.05) is 25.7 Å². The normalized spacial score (nSPS) is 22.4. The molecule has 1 aromatic heterocycles. The largest absolute Gasteiger partial charge is 0.480 e. The first-order valence-electron chi connectivity index (χ1n) is 6.43. The van der Waals surface area contributed by atoms with Crippen molar-refractivity contribution in [3.05, 3.63) is 11.9 Å². The smallest absolute Gasteiger partial charge is 0.246 e. The summed E-state index contributed by atoms with van der Waals surface area (Å²) in [7, 11) is 2.99. The number of hydrogen-bond acceptors (Lipinski definition) is 7. The molecule has 5 nitrogen and oxygen atoms in total. The number of hydrogen-bond donors (Lipinski definition) is 0. The minimum absolute atomic E-state index is 0.000975. The summed E-state index contributed by atoms with van der Waals surface area (Å²) in [6, 6.07) is 0. The standard InChI is InChI=1S/C13H18N2O3S2/c1-4-8-12(20-6-5-19-8)11(16)10-13(18-3)15-9(17-2)7-14-10/h7-8,12H,4-6H2,1-3H3. The first-order valence-corrected chi connectivity index (χ1v) is 8.53. The van der Waals surface area contributed by atoms with Crippen molar-refractivity contribution in [2.45, 2.75) is 23.8 Å². The second kappa shape index (κ2) is 7.17. The Hall–Kier alpha value is -0.950. The molecule has 2 rings (SSSR count). The molecule has 2 heterocycles. The van der Waals surface area contributed by atoms with Gasteiger partial charge in [-0.3, -0.25) is 4.79 Å². The highest BCUT2D eigenvalue weighted by Crippen LogP contribution is 2.36. The molecule has 110 valence electrons. The molecule has 1 fully saturated rings. The molecule has 0 spiro atoms.